The van der Waals surface area contributed by atoms with Gasteiger partial charge in [0.25, 0.3) is 0 Å². The van der Waals surface area contributed by atoms with Gasteiger partial charge in [-0.05, 0) is 19.3 Å². The quantitative estimate of drug-likeness (QED) is 0.194. The third kappa shape index (κ3) is 20.3. The molecule has 0 aromatic heterocycles. The summed E-state index contributed by atoms with van der Waals surface area (Å²) in [5, 5.41) is 8.55. The second-order valence-corrected chi connectivity index (χ2v) is 4.44. The summed E-state index contributed by atoms with van der Waals surface area (Å²) in [6.07, 6.45) is 5.62. The van der Waals surface area contributed by atoms with Gasteiger partial charge in [-0.2, -0.15) is 4.99 Å². The molecule has 0 aliphatic heterocycles. The topological polar surface area (TPSA) is 191 Å². The number of unbranched alkanes of at least 4 members (excludes halogenated alkanes) is 1. The van der Waals surface area contributed by atoms with Crippen molar-refractivity contribution < 1.29 is 43.3 Å². The molecular formula is C15H18N4O9. The van der Waals surface area contributed by atoms with Gasteiger partial charge in [0, 0.05) is 0 Å². The number of carbonyl (C=O) groups is 2. The molecule has 28 heavy (non-hydrogen) atoms. The predicted molar refractivity (Wildman–Crippen MR) is 89.7 cm³/mol. The number of hydrogen-bond donors (Lipinski definition) is 1. The van der Waals surface area contributed by atoms with Crippen molar-refractivity contribution in [3.05, 3.63) is 0 Å². The van der Waals surface area contributed by atoms with E-state index >= 15 is 0 Å². The Morgan fingerprint density at radius 2 is 1.29 bits per heavy atom. The number of carbonyl (C=O) groups excluding carboxylic acids is 5. The van der Waals surface area contributed by atoms with Crippen LogP contribution in [0.4, 0.5) is 4.79 Å². The number of aliphatic imine (C=N–C) groups is 4. The second kappa shape index (κ2) is 21.3. The molecule has 13 nitrogen and oxygen atoms in total. The van der Waals surface area contributed by atoms with Crippen LogP contribution in [-0.4, -0.2) is 80.4 Å². The van der Waals surface area contributed by atoms with E-state index in [0.717, 1.165) is 0 Å². The summed E-state index contributed by atoms with van der Waals surface area (Å²) >= 11 is 0. The van der Waals surface area contributed by atoms with Crippen molar-refractivity contribution in [2.24, 2.45) is 20.0 Å². The molecule has 0 saturated heterocycles. The smallest absolute Gasteiger partial charge is 0.480 e. The molecule has 0 rings (SSSR count). The van der Waals surface area contributed by atoms with E-state index in [9.17, 15) is 28.8 Å². The van der Waals surface area contributed by atoms with Crippen molar-refractivity contribution in [1.82, 2.24) is 0 Å². The second-order valence-electron chi connectivity index (χ2n) is 4.44. The highest BCUT2D eigenvalue weighted by Gasteiger charge is 2.14. The lowest BCUT2D eigenvalue weighted by Crippen LogP contribution is -2.17. The molecule has 1 N–H and O–H groups in total. The molecule has 0 fully saturated rings. The zero-order chi connectivity index (χ0) is 21.5. The van der Waals surface area contributed by atoms with E-state index in [0.29, 0.717) is 19.4 Å². The van der Waals surface area contributed by atoms with Crippen LogP contribution >= 0.6 is 0 Å². The van der Waals surface area contributed by atoms with Gasteiger partial charge in [-0.3, -0.25) is 0 Å². The van der Waals surface area contributed by atoms with Crippen molar-refractivity contribution in [2.45, 2.75) is 25.3 Å². The fraction of sp³-hybridized carbons (Fsp3) is 0.600. The van der Waals surface area contributed by atoms with Crippen molar-refractivity contribution >= 4 is 36.4 Å². The summed E-state index contributed by atoms with van der Waals surface area (Å²) in [6.45, 7) is 0.312. The highest BCUT2D eigenvalue weighted by molar-refractivity contribution is 5.74. The maximum absolute atomic E-state index is 10.6. The van der Waals surface area contributed by atoms with Gasteiger partial charge in [0.15, 0.2) is 6.04 Å². The Bertz CT molecular complexity index is 628. The minimum atomic E-state index is -1.15. The number of isocyanates is 4. The molecule has 0 aromatic rings. The highest BCUT2D eigenvalue weighted by Crippen LogP contribution is 2.04. The first kappa shape index (κ1) is 26.5. The molecule has 1 atom stereocenters. The number of nitrogens with zero attached hydrogens (tertiary/aromatic N) is 4. The molecule has 0 aliphatic rings. The average Bonchev–Trinajstić information content (AvgIpc) is 2.68. The van der Waals surface area contributed by atoms with Crippen LogP contribution in [0.2, 0.25) is 0 Å². The fourth-order valence-corrected chi connectivity index (χ4v) is 1.36. The first-order chi connectivity index (χ1) is 13.5. The van der Waals surface area contributed by atoms with Crippen LogP contribution in [0.3, 0.4) is 0 Å². The first-order valence-corrected chi connectivity index (χ1v) is 7.73. The summed E-state index contributed by atoms with van der Waals surface area (Å²) in [7, 11) is 0. The van der Waals surface area contributed by atoms with Crippen LogP contribution in [-0.2, 0) is 33.4 Å². The van der Waals surface area contributed by atoms with E-state index in [2.05, 4.69) is 29.4 Å². The van der Waals surface area contributed by atoms with Crippen LogP contribution in [0.5, 0.6) is 0 Å². The Labute approximate surface area is 158 Å². The molecule has 0 radical (unpaired) electrons. The zero-order valence-electron chi connectivity index (χ0n) is 14.7. The zero-order valence-corrected chi connectivity index (χ0v) is 14.7. The average molecular weight is 398 g/mol. The first-order valence-electron chi connectivity index (χ1n) is 7.73. The van der Waals surface area contributed by atoms with Crippen LogP contribution in [0, 0.1) is 0 Å². The molecule has 0 aromatic carbocycles. The van der Waals surface area contributed by atoms with Gasteiger partial charge in [-0.15, -0.1) is 0 Å². The van der Waals surface area contributed by atoms with E-state index in [1.54, 1.807) is 0 Å². The SMILES string of the molecule is O=C=NCCCCC(N=C=O)C(=O)O.O=C=NCCOC(=O)OCCN=C=O. The van der Waals surface area contributed by atoms with Gasteiger partial charge < -0.3 is 14.6 Å². The third-order valence-electron chi connectivity index (χ3n) is 2.53. The number of hydrogen-bond acceptors (Lipinski definition) is 12. The lowest BCUT2D eigenvalue weighted by Gasteiger charge is -2.02. The van der Waals surface area contributed by atoms with Crippen LogP contribution < -0.4 is 0 Å². The Morgan fingerprint density at radius 1 is 0.786 bits per heavy atom. The Morgan fingerprint density at radius 3 is 1.71 bits per heavy atom. The van der Waals surface area contributed by atoms with Crippen molar-refractivity contribution in [2.75, 3.05) is 32.8 Å². The molecule has 0 aliphatic carbocycles. The normalized spacial score (nSPS) is 9.43. The Kier molecular flexibility index (Phi) is 20.2. The molecule has 13 heteroatoms. The summed E-state index contributed by atoms with van der Waals surface area (Å²) in [5.41, 5.74) is 0. The summed E-state index contributed by atoms with van der Waals surface area (Å²) in [4.78, 5) is 72.5. The molecule has 152 valence electrons. The lowest BCUT2D eigenvalue weighted by molar-refractivity contribution is -0.138. The minimum Gasteiger partial charge on any atom is -0.480 e. The van der Waals surface area contributed by atoms with Crippen molar-refractivity contribution in [1.29, 1.82) is 0 Å². The number of ether oxygens (including phenoxy) is 2. The predicted octanol–water partition coefficient (Wildman–Crippen LogP) is 0.0927. The van der Waals surface area contributed by atoms with Crippen LogP contribution in [0.15, 0.2) is 20.0 Å². The van der Waals surface area contributed by atoms with Crippen molar-refractivity contribution in [3.8, 4) is 0 Å². The van der Waals surface area contributed by atoms with E-state index in [-0.39, 0.29) is 32.7 Å². The van der Waals surface area contributed by atoms with Gasteiger partial charge in [0.1, 0.15) is 13.2 Å². The minimum absolute atomic E-state index is 0.0467. The maximum Gasteiger partial charge on any atom is 0.508 e. The number of aliphatic carboxylic acids is 1. The molecule has 1 unspecified atom stereocenters. The van der Waals surface area contributed by atoms with Gasteiger partial charge in [0.05, 0.1) is 19.6 Å². The molecule has 0 heterocycles. The Balaban J connectivity index is 0. The lowest BCUT2D eigenvalue weighted by atomic mass is 10.1. The summed E-state index contributed by atoms with van der Waals surface area (Å²) in [5.74, 6) is -1.15. The fourth-order valence-electron chi connectivity index (χ4n) is 1.36. The van der Waals surface area contributed by atoms with E-state index in [1.807, 2.05) is 0 Å². The van der Waals surface area contributed by atoms with E-state index < -0.39 is 18.2 Å². The maximum atomic E-state index is 10.6. The van der Waals surface area contributed by atoms with E-state index in [1.165, 1.54) is 24.3 Å². The molecule has 0 bridgehead atoms. The van der Waals surface area contributed by atoms with Gasteiger partial charge in [0.2, 0.25) is 24.3 Å². The summed E-state index contributed by atoms with van der Waals surface area (Å²) in [6, 6.07) is -1.03. The number of carboxylic acids is 1. The highest BCUT2D eigenvalue weighted by atomic mass is 16.7. The monoisotopic (exact) mass is 398 g/mol. The third-order valence-corrected chi connectivity index (χ3v) is 2.53. The molecular weight excluding hydrogens is 380 g/mol. The molecule has 0 amide bonds. The van der Waals surface area contributed by atoms with E-state index in [4.69, 9.17) is 5.11 Å². The largest absolute Gasteiger partial charge is 0.508 e. The summed E-state index contributed by atoms with van der Waals surface area (Å²) < 4.78 is 8.90. The standard InChI is InChI=1S/C8H10N2O4.C7H8N2O5/c11-5-9-4-2-1-3-7(8(13)14)10-6-12;10-5-8-1-3-13-7(12)14-4-2-9-6-11/h7H,1-4H2,(H,13,14);1-4H2. The van der Waals surface area contributed by atoms with Crippen LogP contribution in [0.25, 0.3) is 0 Å². The molecule has 0 spiro atoms. The van der Waals surface area contributed by atoms with Gasteiger partial charge in [-0.25, -0.2) is 43.7 Å². The Hall–Kier alpha value is -3.74. The van der Waals surface area contributed by atoms with Crippen molar-refractivity contribution in [3.63, 3.8) is 0 Å². The number of rotatable bonds is 13. The van der Waals surface area contributed by atoms with Gasteiger partial charge in [-0.1, -0.05) is 0 Å². The number of carboxylic acid groups (broad SMARTS) is 1. The van der Waals surface area contributed by atoms with Crippen LogP contribution in [0.1, 0.15) is 19.3 Å². The van der Waals surface area contributed by atoms with Gasteiger partial charge >= 0.3 is 12.1 Å². The molecule has 0 saturated carbocycles.